The molecule has 0 aliphatic heterocycles. The largest absolute Gasteiger partial charge is 0.369 e. The van der Waals surface area contributed by atoms with Crippen molar-refractivity contribution in [1.82, 2.24) is 0 Å². The van der Waals surface area contributed by atoms with Crippen LogP contribution in [0.5, 0.6) is 0 Å². The Labute approximate surface area is 61.8 Å². The van der Waals surface area contributed by atoms with E-state index in [1.54, 1.807) is 0 Å². The van der Waals surface area contributed by atoms with E-state index in [0.717, 1.165) is 12.8 Å². The van der Waals surface area contributed by atoms with Gasteiger partial charge in [-0.25, -0.2) is 0 Å². The summed E-state index contributed by atoms with van der Waals surface area (Å²) < 4.78 is 0. The molecule has 1 unspecified atom stereocenters. The zero-order chi connectivity index (χ0) is 7.72. The van der Waals surface area contributed by atoms with E-state index in [-0.39, 0.29) is 11.8 Å². The molecule has 0 saturated heterocycles. The molecule has 1 amide bonds. The van der Waals surface area contributed by atoms with Crippen molar-refractivity contribution in [2.45, 2.75) is 26.7 Å². The summed E-state index contributed by atoms with van der Waals surface area (Å²) >= 11 is 0. The summed E-state index contributed by atoms with van der Waals surface area (Å²) in [6.07, 6.45) is 2.16. The average Bonchev–Trinajstić information content (AvgIpc) is 2.14. The molecule has 1 rings (SSSR count). The molecule has 58 valence electrons. The monoisotopic (exact) mass is 141 g/mol. The van der Waals surface area contributed by atoms with Crippen LogP contribution in [0.1, 0.15) is 26.7 Å². The maximum absolute atomic E-state index is 10.8. The summed E-state index contributed by atoms with van der Waals surface area (Å²) in [5.41, 5.74) is 5.21. The topological polar surface area (TPSA) is 43.1 Å². The van der Waals surface area contributed by atoms with E-state index in [1.807, 2.05) is 0 Å². The summed E-state index contributed by atoms with van der Waals surface area (Å²) in [4.78, 5) is 10.8. The first kappa shape index (κ1) is 7.58. The lowest BCUT2D eigenvalue weighted by Gasteiger charge is -2.13. The quantitative estimate of drug-likeness (QED) is 0.585. The number of rotatable bonds is 1. The second-order valence-corrected chi connectivity index (χ2v) is 3.42. The van der Waals surface area contributed by atoms with Crippen LogP contribution in [0, 0.1) is 17.8 Å². The molecule has 0 aromatic rings. The minimum Gasteiger partial charge on any atom is -0.369 e. The van der Waals surface area contributed by atoms with Crippen LogP contribution < -0.4 is 5.73 Å². The van der Waals surface area contributed by atoms with Crippen molar-refractivity contribution in [1.29, 1.82) is 0 Å². The highest BCUT2D eigenvalue weighted by Gasteiger charge is 2.33. The Morgan fingerprint density at radius 2 is 2.00 bits per heavy atom. The van der Waals surface area contributed by atoms with E-state index in [9.17, 15) is 4.79 Å². The number of amides is 1. The Kier molecular flexibility index (Phi) is 1.97. The third kappa shape index (κ3) is 1.15. The summed E-state index contributed by atoms with van der Waals surface area (Å²) in [5.74, 6) is 1.21. The van der Waals surface area contributed by atoms with Gasteiger partial charge in [-0.05, 0) is 24.7 Å². The molecule has 1 aliphatic rings. The summed E-state index contributed by atoms with van der Waals surface area (Å²) in [6, 6.07) is 0. The molecule has 0 bridgehead atoms. The average molecular weight is 141 g/mol. The smallest absolute Gasteiger partial charge is 0.220 e. The van der Waals surface area contributed by atoms with Crippen molar-refractivity contribution in [2.75, 3.05) is 0 Å². The highest BCUT2D eigenvalue weighted by molar-refractivity contribution is 5.77. The fourth-order valence-electron chi connectivity index (χ4n) is 1.77. The summed E-state index contributed by atoms with van der Waals surface area (Å²) in [5, 5.41) is 0. The third-order valence-electron chi connectivity index (χ3n) is 2.83. The lowest BCUT2D eigenvalue weighted by molar-refractivity contribution is -0.122. The second kappa shape index (κ2) is 2.60. The predicted octanol–water partition coefficient (Wildman–Crippen LogP) is 1.15. The van der Waals surface area contributed by atoms with Crippen LogP contribution >= 0.6 is 0 Å². The number of nitrogens with two attached hydrogens (primary N) is 1. The first-order chi connectivity index (χ1) is 4.63. The fraction of sp³-hybridized carbons (Fsp3) is 0.875. The van der Waals surface area contributed by atoms with E-state index in [0.29, 0.717) is 11.8 Å². The molecule has 3 atom stereocenters. The maximum Gasteiger partial charge on any atom is 0.220 e. The Morgan fingerprint density at radius 3 is 2.20 bits per heavy atom. The van der Waals surface area contributed by atoms with Crippen molar-refractivity contribution < 1.29 is 4.79 Å². The molecule has 0 aromatic heterocycles. The number of primary amides is 1. The number of carbonyl (C=O) groups is 1. The van der Waals surface area contributed by atoms with Crippen LogP contribution in [0.4, 0.5) is 0 Å². The highest BCUT2D eigenvalue weighted by atomic mass is 16.1. The minimum atomic E-state index is -0.114. The zero-order valence-electron chi connectivity index (χ0n) is 6.63. The second-order valence-electron chi connectivity index (χ2n) is 3.42. The van der Waals surface area contributed by atoms with Crippen LogP contribution in [0.15, 0.2) is 0 Å². The lowest BCUT2D eigenvalue weighted by Crippen LogP contribution is -2.26. The first-order valence-corrected chi connectivity index (χ1v) is 3.92. The van der Waals surface area contributed by atoms with Gasteiger partial charge in [-0.2, -0.15) is 0 Å². The molecule has 2 N–H and O–H groups in total. The van der Waals surface area contributed by atoms with Crippen LogP contribution in [0.2, 0.25) is 0 Å². The molecule has 1 fully saturated rings. The van der Waals surface area contributed by atoms with Crippen molar-refractivity contribution in [2.24, 2.45) is 23.5 Å². The van der Waals surface area contributed by atoms with Crippen LogP contribution in [0.25, 0.3) is 0 Å². The Bertz CT molecular complexity index is 144. The van der Waals surface area contributed by atoms with Gasteiger partial charge < -0.3 is 5.73 Å². The standard InChI is InChI=1S/C8H15NO/c1-5-3-4-7(6(5)2)8(9)10/h5-7H,3-4H2,1-2H3,(H2,9,10)/t5-,6?,7+/m0/s1. The first-order valence-electron chi connectivity index (χ1n) is 3.92. The number of hydrogen-bond acceptors (Lipinski definition) is 1. The van der Waals surface area contributed by atoms with Gasteiger partial charge >= 0.3 is 0 Å². The van der Waals surface area contributed by atoms with Crippen LogP contribution in [-0.2, 0) is 4.79 Å². The third-order valence-corrected chi connectivity index (χ3v) is 2.83. The molecule has 10 heavy (non-hydrogen) atoms. The van der Waals surface area contributed by atoms with Gasteiger partial charge in [0.25, 0.3) is 0 Å². The van der Waals surface area contributed by atoms with Crippen molar-refractivity contribution >= 4 is 5.91 Å². The van der Waals surface area contributed by atoms with Crippen LogP contribution in [0.3, 0.4) is 0 Å². The van der Waals surface area contributed by atoms with Crippen molar-refractivity contribution in [3.8, 4) is 0 Å². The molecular formula is C8H15NO. The molecule has 1 saturated carbocycles. The predicted molar refractivity (Wildman–Crippen MR) is 40.2 cm³/mol. The van der Waals surface area contributed by atoms with Gasteiger partial charge in [-0.1, -0.05) is 13.8 Å². The van der Waals surface area contributed by atoms with E-state index in [2.05, 4.69) is 13.8 Å². The van der Waals surface area contributed by atoms with Crippen molar-refractivity contribution in [3.05, 3.63) is 0 Å². The number of carbonyl (C=O) groups excluding carboxylic acids is 1. The fourth-order valence-corrected chi connectivity index (χ4v) is 1.77. The van der Waals surface area contributed by atoms with Crippen LogP contribution in [-0.4, -0.2) is 5.91 Å². The van der Waals surface area contributed by atoms with E-state index in [1.165, 1.54) is 0 Å². The van der Waals surface area contributed by atoms with E-state index < -0.39 is 0 Å². The van der Waals surface area contributed by atoms with E-state index in [4.69, 9.17) is 5.73 Å². The molecule has 2 nitrogen and oxygen atoms in total. The summed E-state index contributed by atoms with van der Waals surface area (Å²) in [7, 11) is 0. The lowest BCUT2D eigenvalue weighted by atomic mass is 9.92. The Balaban J connectivity index is 2.57. The summed E-state index contributed by atoms with van der Waals surface area (Å²) in [6.45, 7) is 4.31. The van der Waals surface area contributed by atoms with Gasteiger partial charge in [0.1, 0.15) is 0 Å². The number of hydrogen-bond donors (Lipinski definition) is 1. The SMILES string of the molecule is CC1[C@@H](C)CC[C@H]1C(N)=O. The Hall–Kier alpha value is -0.530. The highest BCUT2D eigenvalue weighted by Crippen LogP contribution is 2.35. The van der Waals surface area contributed by atoms with E-state index >= 15 is 0 Å². The molecule has 0 aromatic carbocycles. The molecular weight excluding hydrogens is 126 g/mol. The van der Waals surface area contributed by atoms with Crippen molar-refractivity contribution in [3.63, 3.8) is 0 Å². The Morgan fingerprint density at radius 1 is 1.40 bits per heavy atom. The molecule has 0 spiro atoms. The molecule has 1 aliphatic carbocycles. The van der Waals surface area contributed by atoms with Gasteiger partial charge in [0.2, 0.25) is 5.91 Å². The van der Waals surface area contributed by atoms with Gasteiger partial charge in [0.15, 0.2) is 0 Å². The normalized spacial score (nSPS) is 40.0. The molecule has 2 heteroatoms. The van der Waals surface area contributed by atoms with Gasteiger partial charge in [0, 0.05) is 5.92 Å². The molecule has 0 radical (unpaired) electrons. The van der Waals surface area contributed by atoms with Gasteiger partial charge in [-0.15, -0.1) is 0 Å². The molecule has 0 heterocycles. The zero-order valence-corrected chi connectivity index (χ0v) is 6.63. The van der Waals surface area contributed by atoms with Gasteiger partial charge in [-0.3, -0.25) is 4.79 Å². The minimum absolute atomic E-state index is 0.114. The maximum atomic E-state index is 10.8. The van der Waals surface area contributed by atoms with Gasteiger partial charge in [0.05, 0.1) is 0 Å².